The highest BCUT2D eigenvalue weighted by molar-refractivity contribution is 5.91. The van der Waals surface area contributed by atoms with Crippen molar-refractivity contribution in [3.63, 3.8) is 0 Å². The molecule has 0 spiro atoms. The number of imidazole rings is 1. The minimum absolute atomic E-state index is 0.0815. The first kappa shape index (κ1) is 14.9. The quantitative estimate of drug-likeness (QED) is 0.760. The maximum Gasteiger partial charge on any atom is 0.263 e. The van der Waals surface area contributed by atoms with Crippen molar-refractivity contribution in [2.24, 2.45) is 0 Å². The topological polar surface area (TPSA) is 64.9 Å². The van der Waals surface area contributed by atoms with Gasteiger partial charge in [0.15, 0.2) is 12.4 Å². The third kappa shape index (κ3) is 3.79. The van der Waals surface area contributed by atoms with Crippen molar-refractivity contribution in [3.8, 4) is 11.5 Å². The van der Waals surface area contributed by atoms with Gasteiger partial charge in [-0.3, -0.25) is 4.79 Å². The lowest BCUT2D eigenvalue weighted by atomic mass is 10.3. The molecule has 1 amide bonds. The summed E-state index contributed by atoms with van der Waals surface area (Å²) >= 11 is 0. The Morgan fingerprint density at radius 3 is 2.57 bits per heavy atom. The fourth-order valence-electron chi connectivity index (χ4n) is 2.12. The smallest absolute Gasteiger partial charge is 0.263 e. The van der Waals surface area contributed by atoms with Gasteiger partial charge in [-0.2, -0.15) is 0 Å². The summed E-state index contributed by atoms with van der Waals surface area (Å²) in [6.45, 7) is 2.46. The molecule has 1 aromatic carbocycles. The molecule has 0 bridgehead atoms. The number of carbonyl (C=O) groups is 1. The molecule has 0 aliphatic carbocycles. The number of anilines is 1. The largest absolute Gasteiger partial charge is 0.494 e. The van der Waals surface area contributed by atoms with Crippen LogP contribution in [0.2, 0.25) is 0 Å². The summed E-state index contributed by atoms with van der Waals surface area (Å²) in [6.07, 6.45) is 3.62. The monoisotopic (exact) mass is 311 g/mol. The third-order valence-electron chi connectivity index (χ3n) is 3.14. The van der Waals surface area contributed by atoms with E-state index in [2.05, 4.69) is 10.3 Å². The highest BCUT2D eigenvalue weighted by atomic mass is 16.5. The highest BCUT2D eigenvalue weighted by Crippen LogP contribution is 2.17. The van der Waals surface area contributed by atoms with E-state index in [1.165, 1.54) is 0 Å². The number of hydrogen-bond donors (Lipinski definition) is 1. The molecule has 0 unspecified atom stereocenters. The first-order valence-electron chi connectivity index (χ1n) is 7.34. The lowest BCUT2D eigenvalue weighted by molar-refractivity contribution is -0.118. The summed E-state index contributed by atoms with van der Waals surface area (Å²) in [5.41, 5.74) is 0.773. The van der Waals surface area contributed by atoms with Crippen LogP contribution < -0.4 is 14.8 Å². The Kier molecular flexibility index (Phi) is 4.42. The molecule has 0 atom stereocenters. The predicted molar refractivity (Wildman–Crippen MR) is 86.9 cm³/mol. The number of amides is 1. The summed E-state index contributed by atoms with van der Waals surface area (Å²) in [7, 11) is 0. The van der Waals surface area contributed by atoms with E-state index < -0.39 is 0 Å². The Balaban J connectivity index is 1.54. The van der Waals surface area contributed by atoms with Crippen LogP contribution in [0.15, 0.2) is 54.9 Å². The van der Waals surface area contributed by atoms with Crippen LogP contribution in [0.1, 0.15) is 6.92 Å². The number of nitrogens with one attached hydrogen (secondary N) is 1. The van der Waals surface area contributed by atoms with E-state index in [4.69, 9.17) is 9.47 Å². The van der Waals surface area contributed by atoms with Gasteiger partial charge in [-0.05, 0) is 43.3 Å². The molecule has 6 heteroatoms. The average molecular weight is 311 g/mol. The summed E-state index contributed by atoms with van der Waals surface area (Å²) in [4.78, 5) is 16.2. The zero-order valence-electron chi connectivity index (χ0n) is 12.7. The van der Waals surface area contributed by atoms with Crippen LogP contribution >= 0.6 is 0 Å². The van der Waals surface area contributed by atoms with E-state index in [1.54, 1.807) is 30.5 Å². The first-order valence-corrected chi connectivity index (χ1v) is 7.34. The average Bonchev–Trinajstić information content (AvgIpc) is 2.96. The second-order valence-corrected chi connectivity index (χ2v) is 4.83. The summed E-state index contributed by atoms with van der Waals surface area (Å²) in [5.74, 6) is 1.62. The normalized spacial score (nSPS) is 10.5. The van der Waals surface area contributed by atoms with Crippen LogP contribution in [-0.4, -0.2) is 28.5 Å². The zero-order valence-corrected chi connectivity index (χ0v) is 12.7. The SMILES string of the molecule is CCOc1ccc(OCC(=O)Nc2cn3ccccc3n2)cc1. The van der Waals surface area contributed by atoms with Crippen molar-refractivity contribution in [1.29, 1.82) is 0 Å². The highest BCUT2D eigenvalue weighted by Gasteiger charge is 2.07. The number of nitrogens with zero attached hydrogens (tertiary/aromatic N) is 2. The Labute approximate surface area is 133 Å². The molecule has 0 fully saturated rings. The lowest BCUT2D eigenvalue weighted by Gasteiger charge is -2.07. The predicted octanol–water partition coefficient (Wildman–Crippen LogP) is 2.75. The number of hydrogen-bond acceptors (Lipinski definition) is 4. The van der Waals surface area contributed by atoms with Crippen molar-refractivity contribution in [2.45, 2.75) is 6.92 Å². The molecule has 2 aromatic heterocycles. The van der Waals surface area contributed by atoms with Gasteiger partial charge in [-0.1, -0.05) is 6.07 Å². The Morgan fingerprint density at radius 2 is 1.87 bits per heavy atom. The van der Waals surface area contributed by atoms with E-state index in [-0.39, 0.29) is 12.5 Å². The maximum atomic E-state index is 11.9. The van der Waals surface area contributed by atoms with Crippen LogP contribution in [0.25, 0.3) is 5.65 Å². The van der Waals surface area contributed by atoms with E-state index in [9.17, 15) is 4.79 Å². The summed E-state index contributed by atoms with van der Waals surface area (Å²) in [6, 6.07) is 12.8. The molecule has 1 N–H and O–H groups in total. The molecule has 23 heavy (non-hydrogen) atoms. The van der Waals surface area contributed by atoms with Gasteiger partial charge in [-0.15, -0.1) is 0 Å². The Morgan fingerprint density at radius 1 is 1.13 bits per heavy atom. The fraction of sp³-hybridized carbons (Fsp3) is 0.176. The molecule has 3 aromatic rings. The van der Waals surface area contributed by atoms with Gasteiger partial charge < -0.3 is 19.2 Å². The molecule has 0 aliphatic rings. The van der Waals surface area contributed by atoms with Gasteiger partial charge in [-0.25, -0.2) is 4.98 Å². The van der Waals surface area contributed by atoms with Gasteiger partial charge in [0, 0.05) is 6.20 Å². The number of fused-ring (bicyclic) bond motifs is 1. The fourth-order valence-corrected chi connectivity index (χ4v) is 2.12. The van der Waals surface area contributed by atoms with Crippen LogP contribution in [0.3, 0.4) is 0 Å². The lowest BCUT2D eigenvalue weighted by Crippen LogP contribution is -2.20. The number of aromatic nitrogens is 2. The summed E-state index contributed by atoms with van der Waals surface area (Å²) in [5, 5.41) is 2.71. The number of pyridine rings is 1. The number of carbonyl (C=O) groups excluding carboxylic acids is 1. The molecule has 6 nitrogen and oxygen atoms in total. The van der Waals surface area contributed by atoms with Crippen molar-refractivity contribution in [3.05, 3.63) is 54.9 Å². The molecule has 3 rings (SSSR count). The minimum atomic E-state index is -0.262. The second-order valence-electron chi connectivity index (χ2n) is 4.83. The minimum Gasteiger partial charge on any atom is -0.494 e. The molecular formula is C17H17N3O3. The molecule has 2 heterocycles. The Hall–Kier alpha value is -3.02. The van der Waals surface area contributed by atoms with Crippen LogP contribution in [0, 0.1) is 0 Å². The van der Waals surface area contributed by atoms with Crippen LogP contribution in [-0.2, 0) is 4.79 Å². The molecule has 0 aliphatic heterocycles. The molecule has 0 saturated carbocycles. The van der Waals surface area contributed by atoms with E-state index >= 15 is 0 Å². The molecular weight excluding hydrogens is 294 g/mol. The van der Waals surface area contributed by atoms with Crippen LogP contribution in [0.4, 0.5) is 5.82 Å². The third-order valence-corrected chi connectivity index (χ3v) is 3.14. The molecule has 118 valence electrons. The van der Waals surface area contributed by atoms with E-state index in [1.807, 2.05) is 35.7 Å². The maximum absolute atomic E-state index is 11.9. The van der Waals surface area contributed by atoms with Gasteiger partial charge in [0.25, 0.3) is 5.91 Å². The Bertz CT molecular complexity index is 763. The van der Waals surface area contributed by atoms with Crippen molar-refractivity contribution >= 4 is 17.4 Å². The standard InChI is InChI=1S/C17H17N3O3/c1-2-22-13-6-8-14(9-7-13)23-12-17(21)19-15-11-20-10-4-3-5-16(20)18-15/h3-11H,2,12H2,1H3,(H,19,21). The number of benzene rings is 1. The first-order chi connectivity index (χ1) is 11.2. The van der Waals surface area contributed by atoms with Gasteiger partial charge in [0.05, 0.1) is 12.8 Å². The van der Waals surface area contributed by atoms with Crippen molar-refractivity contribution < 1.29 is 14.3 Å². The van der Waals surface area contributed by atoms with E-state index in [0.717, 1.165) is 11.4 Å². The molecule has 0 saturated heterocycles. The zero-order chi connectivity index (χ0) is 16.1. The van der Waals surface area contributed by atoms with Crippen LogP contribution in [0.5, 0.6) is 11.5 Å². The van der Waals surface area contributed by atoms with Gasteiger partial charge in [0.2, 0.25) is 0 Å². The van der Waals surface area contributed by atoms with Gasteiger partial charge >= 0.3 is 0 Å². The molecule has 0 radical (unpaired) electrons. The number of rotatable bonds is 6. The summed E-state index contributed by atoms with van der Waals surface area (Å²) < 4.78 is 12.6. The van der Waals surface area contributed by atoms with Gasteiger partial charge in [0.1, 0.15) is 17.1 Å². The van der Waals surface area contributed by atoms with Crippen molar-refractivity contribution in [2.75, 3.05) is 18.5 Å². The number of ether oxygens (including phenoxy) is 2. The van der Waals surface area contributed by atoms with E-state index in [0.29, 0.717) is 18.2 Å². The second kappa shape index (κ2) is 6.83. The van der Waals surface area contributed by atoms with Crippen molar-refractivity contribution in [1.82, 2.24) is 9.38 Å².